The van der Waals surface area contributed by atoms with Gasteiger partial charge in [-0.2, -0.15) is 0 Å². The molecule has 28 heavy (non-hydrogen) atoms. The summed E-state index contributed by atoms with van der Waals surface area (Å²) >= 11 is 9.57. The van der Waals surface area contributed by atoms with Crippen LogP contribution in [0.3, 0.4) is 0 Å². The first-order valence-electron chi connectivity index (χ1n) is 9.06. The molecule has 0 aromatic heterocycles. The van der Waals surface area contributed by atoms with Crippen LogP contribution >= 0.6 is 27.5 Å². The van der Waals surface area contributed by atoms with E-state index in [2.05, 4.69) is 15.9 Å². The van der Waals surface area contributed by atoms with Crippen molar-refractivity contribution in [2.24, 2.45) is 11.8 Å². The average molecular weight is 468 g/mol. The number of carbonyl (C=O) groups excluding carboxylic acids is 2. The highest BCUT2D eigenvalue weighted by Crippen LogP contribution is 2.27. The lowest BCUT2D eigenvalue weighted by molar-refractivity contribution is 0.0907. The quantitative estimate of drug-likeness (QED) is 0.503. The normalized spacial score (nSPS) is 12.1. The van der Waals surface area contributed by atoms with Gasteiger partial charge in [0.2, 0.25) is 0 Å². The van der Waals surface area contributed by atoms with Crippen molar-refractivity contribution in [3.63, 3.8) is 0 Å². The number of Topliss-reactive ketones (excluding diaryl/α,β-unsaturated/α-hetero) is 2. The van der Waals surface area contributed by atoms with Crippen LogP contribution in [0.4, 0.5) is 0 Å². The van der Waals surface area contributed by atoms with Gasteiger partial charge in [-0.25, -0.2) is 0 Å². The summed E-state index contributed by atoms with van der Waals surface area (Å²) in [5.41, 5.74) is 1.48. The molecule has 0 bridgehead atoms. The lowest BCUT2D eigenvalue weighted by Gasteiger charge is -2.17. The van der Waals surface area contributed by atoms with Crippen molar-refractivity contribution in [3.05, 3.63) is 62.6 Å². The van der Waals surface area contributed by atoms with E-state index in [1.807, 2.05) is 19.9 Å². The molecule has 0 saturated heterocycles. The summed E-state index contributed by atoms with van der Waals surface area (Å²) in [5.74, 6) is 0.199. The third kappa shape index (κ3) is 5.66. The van der Waals surface area contributed by atoms with Crippen LogP contribution in [0.25, 0.3) is 0 Å². The van der Waals surface area contributed by atoms with Gasteiger partial charge in [0.25, 0.3) is 0 Å². The number of hydrogen-bond acceptors (Lipinski definition) is 4. The van der Waals surface area contributed by atoms with Gasteiger partial charge in [0.05, 0.1) is 12.7 Å². The first-order valence-corrected chi connectivity index (χ1v) is 10.2. The highest BCUT2D eigenvalue weighted by molar-refractivity contribution is 9.10. The average Bonchev–Trinajstić information content (AvgIpc) is 2.67. The molecule has 0 aliphatic heterocycles. The van der Waals surface area contributed by atoms with Crippen LogP contribution < -0.4 is 4.74 Å². The highest BCUT2D eigenvalue weighted by atomic mass is 79.9. The van der Waals surface area contributed by atoms with Crippen molar-refractivity contribution in [2.45, 2.75) is 26.7 Å². The first kappa shape index (κ1) is 22.6. The molecule has 4 nitrogen and oxygen atoms in total. The summed E-state index contributed by atoms with van der Waals surface area (Å²) in [5, 5.41) is 9.98. The Bertz CT molecular complexity index is 864. The van der Waals surface area contributed by atoms with E-state index in [1.165, 1.54) is 7.11 Å². The third-order valence-electron chi connectivity index (χ3n) is 4.81. The lowest BCUT2D eigenvalue weighted by atomic mass is 9.89. The van der Waals surface area contributed by atoms with Gasteiger partial charge in [-0.15, -0.1) is 0 Å². The molecule has 0 unspecified atom stereocenters. The van der Waals surface area contributed by atoms with Gasteiger partial charge in [0.1, 0.15) is 5.75 Å². The van der Waals surface area contributed by atoms with Crippen molar-refractivity contribution < 1.29 is 19.4 Å². The molecule has 0 saturated carbocycles. The second-order valence-electron chi connectivity index (χ2n) is 7.06. The van der Waals surface area contributed by atoms with Gasteiger partial charge in [0.15, 0.2) is 11.6 Å². The Morgan fingerprint density at radius 2 is 1.86 bits per heavy atom. The number of aliphatic hydroxyl groups is 1. The molecule has 0 fully saturated rings. The van der Waals surface area contributed by atoms with Gasteiger partial charge < -0.3 is 9.84 Å². The molecule has 0 heterocycles. The number of benzene rings is 2. The van der Waals surface area contributed by atoms with Crippen molar-refractivity contribution in [1.82, 2.24) is 0 Å². The van der Waals surface area contributed by atoms with Crippen LogP contribution in [0.1, 0.15) is 46.5 Å². The molecule has 2 rings (SSSR count). The molecule has 0 radical (unpaired) electrons. The molecule has 150 valence electrons. The fourth-order valence-electron chi connectivity index (χ4n) is 2.90. The van der Waals surface area contributed by atoms with Crippen molar-refractivity contribution in [1.29, 1.82) is 0 Å². The number of methoxy groups -OCH3 is 1. The SMILES string of the molecule is COc1ccc(C(=O)C[C@H](CO)C(C)C)cc1C(=O)Cc1ccc(Br)cc1Cl. The number of halogens is 2. The number of hydrogen-bond donors (Lipinski definition) is 1. The van der Waals surface area contributed by atoms with E-state index >= 15 is 0 Å². The van der Waals surface area contributed by atoms with Crippen LogP contribution in [0.5, 0.6) is 5.75 Å². The van der Waals surface area contributed by atoms with Crippen LogP contribution in [-0.2, 0) is 6.42 Å². The van der Waals surface area contributed by atoms with E-state index in [0.717, 1.165) is 4.47 Å². The molecule has 1 N–H and O–H groups in total. The van der Waals surface area contributed by atoms with Crippen LogP contribution in [0.15, 0.2) is 40.9 Å². The predicted octanol–water partition coefficient (Wildman–Crippen LogP) is 5.37. The minimum absolute atomic E-state index is 0.0482. The molecule has 0 amide bonds. The van der Waals surface area contributed by atoms with Crippen molar-refractivity contribution in [2.75, 3.05) is 13.7 Å². The van der Waals surface area contributed by atoms with Crippen LogP contribution in [-0.4, -0.2) is 30.4 Å². The molecule has 0 aliphatic rings. The third-order valence-corrected chi connectivity index (χ3v) is 5.66. The summed E-state index contributed by atoms with van der Waals surface area (Å²) in [6.45, 7) is 3.89. The van der Waals surface area contributed by atoms with E-state index in [9.17, 15) is 14.7 Å². The first-order chi connectivity index (χ1) is 13.3. The number of rotatable bonds is 9. The topological polar surface area (TPSA) is 63.6 Å². The predicted molar refractivity (Wildman–Crippen MR) is 115 cm³/mol. The molecule has 0 aliphatic carbocycles. The molecule has 0 spiro atoms. The Morgan fingerprint density at radius 3 is 2.43 bits per heavy atom. The standard InChI is InChI=1S/C22H24BrClO4/c1-13(2)16(12-25)10-20(26)15-5-7-22(28-3)18(8-15)21(27)9-14-4-6-17(23)11-19(14)24/h4-8,11,13,16,25H,9-10,12H2,1-3H3/t16-/m1/s1. The summed E-state index contributed by atoms with van der Waals surface area (Å²) in [6, 6.07) is 10.2. The van der Waals surface area contributed by atoms with Crippen LogP contribution in [0, 0.1) is 11.8 Å². The fraction of sp³-hybridized carbons (Fsp3) is 0.364. The lowest BCUT2D eigenvalue weighted by Crippen LogP contribution is -2.18. The van der Waals surface area contributed by atoms with Gasteiger partial charge in [-0.3, -0.25) is 9.59 Å². The maximum atomic E-state index is 12.9. The largest absolute Gasteiger partial charge is 0.496 e. The zero-order valence-corrected chi connectivity index (χ0v) is 18.5. The zero-order chi connectivity index (χ0) is 20.8. The Hall–Kier alpha value is -1.69. The van der Waals surface area contributed by atoms with Gasteiger partial charge >= 0.3 is 0 Å². The number of carbonyl (C=O) groups is 2. The highest BCUT2D eigenvalue weighted by Gasteiger charge is 2.21. The Labute approximate surface area is 179 Å². The van der Waals surface area contributed by atoms with Gasteiger partial charge in [-0.05, 0) is 47.7 Å². The maximum absolute atomic E-state index is 12.9. The Kier molecular flexibility index (Phi) is 8.23. The zero-order valence-electron chi connectivity index (χ0n) is 16.2. The minimum atomic E-state index is -0.182. The molecule has 2 aromatic rings. The fourth-order valence-corrected chi connectivity index (χ4v) is 3.64. The van der Waals surface area contributed by atoms with E-state index in [-0.39, 0.29) is 42.9 Å². The summed E-state index contributed by atoms with van der Waals surface area (Å²) < 4.78 is 6.15. The van der Waals surface area contributed by atoms with Gasteiger partial charge in [-0.1, -0.05) is 47.4 Å². The van der Waals surface area contributed by atoms with Crippen molar-refractivity contribution >= 4 is 39.1 Å². The van der Waals surface area contributed by atoms with E-state index in [1.54, 1.807) is 30.3 Å². The van der Waals surface area contributed by atoms with Crippen molar-refractivity contribution in [3.8, 4) is 5.75 Å². The number of aliphatic hydroxyl groups excluding tert-OH is 1. The maximum Gasteiger partial charge on any atom is 0.171 e. The molecule has 1 atom stereocenters. The minimum Gasteiger partial charge on any atom is -0.496 e. The summed E-state index contributed by atoms with van der Waals surface area (Å²) in [6.07, 6.45) is 0.331. The second-order valence-corrected chi connectivity index (χ2v) is 8.39. The number of ketones is 2. The second kappa shape index (κ2) is 10.2. The van der Waals surface area contributed by atoms with E-state index in [0.29, 0.717) is 27.5 Å². The number of ether oxygens (including phenoxy) is 1. The Morgan fingerprint density at radius 1 is 1.14 bits per heavy atom. The summed E-state index contributed by atoms with van der Waals surface area (Å²) in [4.78, 5) is 25.5. The molecular formula is C22H24BrClO4. The monoisotopic (exact) mass is 466 g/mol. The van der Waals surface area contributed by atoms with Gasteiger partial charge in [0, 0.05) is 34.5 Å². The molecule has 6 heteroatoms. The smallest absolute Gasteiger partial charge is 0.171 e. The summed E-state index contributed by atoms with van der Waals surface area (Å²) in [7, 11) is 1.49. The van der Waals surface area contributed by atoms with E-state index in [4.69, 9.17) is 16.3 Å². The molecule has 2 aromatic carbocycles. The molecular weight excluding hydrogens is 444 g/mol. The van der Waals surface area contributed by atoms with Crippen LogP contribution in [0.2, 0.25) is 5.02 Å². The Balaban J connectivity index is 2.28. The van der Waals surface area contributed by atoms with E-state index < -0.39 is 0 Å².